The lowest BCUT2D eigenvalue weighted by Gasteiger charge is -2.46. The second-order valence-electron chi connectivity index (χ2n) is 5.09. The third-order valence-corrected chi connectivity index (χ3v) is 4.47. The molecule has 0 aromatic rings. The molecule has 0 amide bonds. The predicted molar refractivity (Wildman–Crippen MR) is 74.7 cm³/mol. The van der Waals surface area contributed by atoms with E-state index < -0.39 is 0 Å². The van der Waals surface area contributed by atoms with E-state index in [0.717, 1.165) is 25.7 Å². The van der Waals surface area contributed by atoms with Gasteiger partial charge in [-0.1, -0.05) is 19.9 Å². The Bertz CT molecular complexity index is 218. The Labute approximate surface area is 106 Å². The van der Waals surface area contributed by atoms with Gasteiger partial charge in [0, 0.05) is 11.6 Å². The molecular formula is C14H29N3. The minimum atomic E-state index is 0.230. The number of hydrogen-bond donors (Lipinski definition) is 2. The molecule has 100 valence electrons. The first kappa shape index (κ1) is 14.7. The van der Waals surface area contributed by atoms with Gasteiger partial charge in [0.25, 0.3) is 0 Å². The van der Waals surface area contributed by atoms with Crippen molar-refractivity contribution < 1.29 is 0 Å². The molecule has 0 radical (unpaired) electrons. The third kappa shape index (κ3) is 3.09. The van der Waals surface area contributed by atoms with E-state index in [1.54, 1.807) is 0 Å². The van der Waals surface area contributed by atoms with Gasteiger partial charge in [0.1, 0.15) is 0 Å². The van der Waals surface area contributed by atoms with Crippen molar-refractivity contribution in [2.45, 2.75) is 64.0 Å². The lowest BCUT2D eigenvalue weighted by molar-refractivity contribution is 0.0590. The number of nitrogens with zero attached hydrogens (tertiary/aromatic N) is 1. The lowest BCUT2D eigenvalue weighted by Crippen LogP contribution is -2.61. The van der Waals surface area contributed by atoms with Gasteiger partial charge in [0.2, 0.25) is 0 Å². The Morgan fingerprint density at radius 1 is 1.35 bits per heavy atom. The van der Waals surface area contributed by atoms with Crippen molar-refractivity contribution in [3.8, 4) is 0 Å². The van der Waals surface area contributed by atoms with Crippen LogP contribution in [0.5, 0.6) is 0 Å². The first-order valence-electron chi connectivity index (χ1n) is 7.07. The molecule has 3 N–H and O–H groups in total. The zero-order valence-electron chi connectivity index (χ0n) is 11.5. The molecule has 1 aliphatic rings. The van der Waals surface area contributed by atoms with Crippen LogP contribution in [-0.4, -0.2) is 29.6 Å². The van der Waals surface area contributed by atoms with Crippen molar-refractivity contribution in [3.05, 3.63) is 12.7 Å². The van der Waals surface area contributed by atoms with Crippen LogP contribution < -0.4 is 11.3 Å². The van der Waals surface area contributed by atoms with Crippen LogP contribution >= 0.6 is 0 Å². The predicted octanol–water partition coefficient (Wildman–Crippen LogP) is 2.44. The number of hydrogen-bond acceptors (Lipinski definition) is 3. The van der Waals surface area contributed by atoms with E-state index >= 15 is 0 Å². The number of nitrogens with two attached hydrogens (primary N) is 1. The zero-order chi connectivity index (χ0) is 12.7. The Morgan fingerprint density at radius 2 is 1.94 bits per heavy atom. The molecule has 0 aliphatic carbocycles. The highest BCUT2D eigenvalue weighted by Crippen LogP contribution is 2.33. The molecule has 0 saturated carbocycles. The summed E-state index contributed by atoms with van der Waals surface area (Å²) in [5.74, 6) is 5.81. The summed E-state index contributed by atoms with van der Waals surface area (Å²) in [6.07, 6.45) is 9.10. The summed E-state index contributed by atoms with van der Waals surface area (Å²) >= 11 is 0. The Morgan fingerprint density at radius 3 is 2.35 bits per heavy atom. The highest BCUT2D eigenvalue weighted by atomic mass is 15.3. The molecule has 1 heterocycles. The number of nitrogens with one attached hydrogen (secondary N) is 1. The second kappa shape index (κ2) is 7.14. The van der Waals surface area contributed by atoms with Crippen molar-refractivity contribution in [2.24, 2.45) is 5.84 Å². The highest BCUT2D eigenvalue weighted by Gasteiger charge is 2.41. The van der Waals surface area contributed by atoms with Crippen LogP contribution in [0.1, 0.15) is 52.4 Å². The zero-order valence-corrected chi connectivity index (χ0v) is 11.5. The van der Waals surface area contributed by atoms with Gasteiger partial charge in [-0.25, -0.2) is 0 Å². The van der Waals surface area contributed by atoms with Crippen molar-refractivity contribution in [1.82, 2.24) is 10.3 Å². The van der Waals surface area contributed by atoms with Crippen molar-refractivity contribution in [3.63, 3.8) is 0 Å². The van der Waals surface area contributed by atoms with Gasteiger partial charge in [-0.15, -0.1) is 6.58 Å². The Balaban J connectivity index is 2.81. The van der Waals surface area contributed by atoms with E-state index in [1.807, 2.05) is 6.08 Å². The smallest absolute Gasteiger partial charge is 0.0397 e. The van der Waals surface area contributed by atoms with Crippen molar-refractivity contribution >= 4 is 0 Å². The second-order valence-corrected chi connectivity index (χ2v) is 5.09. The van der Waals surface area contributed by atoms with Crippen LogP contribution in [0.2, 0.25) is 0 Å². The SMILES string of the molecule is C=CCCC(NN)C(CC)(CC)N1CCCC1. The molecule has 0 bridgehead atoms. The summed E-state index contributed by atoms with van der Waals surface area (Å²) < 4.78 is 0. The lowest BCUT2D eigenvalue weighted by atomic mass is 9.81. The van der Waals surface area contributed by atoms with Crippen LogP contribution in [0.25, 0.3) is 0 Å². The van der Waals surface area contributed by atoms with Gasteiger partial charge in [-0.05, 0) is 51.6 Å². The first-order chi connectivity index (χ1) is 8.25. The number of likely N-dealkylation sites (tertiary alicyclic amines) is 1. The number of rotatable bonds is 8. The molecular weight excluding hydrogens is 210 g/mol. The van der Waals surface area contributed by atoms with Gasteiger partial charge in [-0.2, -0.15) is 0 Å². The van der Waals surface area contributed by atoms with Crippen LogP contribution in [0.15, 0.2) is 12.7 Å². The molecule has 3 nitrogen and oxygen atoms in total. The Hall–Kier alpha value is -0.380. The van der Waals surface area contributed by atoms with Crippen LogP contribution in [0.3, 0.4) is 0 Å². The molecule has 1 aliphatic heterocycles. The van der Waals surface area contributed by atoms with Crippen LogP contribution in [0.4, 0.5) is 0 Å². The number of allylic oxidation sites excluding steroid dienone is 1. The maximum atomic E-state index is 5.81. The molecule has 1 fully saturated rings. The van der Waals surface area contributed by atoms with Gasteiger partial charge in [0.15, 0.2) is 0 Å². The normalized spacial score (nSPS) is 19.5. The molecule has 1 rings (SSSR count). The average molecular weight is 239 g/mol. The average Bonchev–Trinajstić information content (AvgIpc) is 2.89. The molecule has 17 heavy (non-hydrogen) atoms. The van der Waals surface area contributed by atoms with Gasteiger partial charge < -0.3 is 0 Å². The van der Waals surface area contributed by atoms with Crippen LogP contribution in [-0.2, 0) is 0 Å². The summed E-state index contributed by atoms with van der Waals surface area (Å²) in [6, 6.07) is 0.369. The van der Waals surface area contributed by atoms with E-state index in [2.05, 4.69) is 30.8 Å². The Kier molecular flexibility index (Phi) is 6.17. The molecule has 3 heteroatoms. The third-order valence-electron chi connectivity index (χ3n) is 4.47. The minimum Gasteiger partial charge on any atom is -0.296 e. The minimum absolute atomic E-state index is 0.230. The molecule has 1 unspecified atom stereocenters. The number of hydrazine groups is 1. The van der Waals surface area contributed by atoms with Gasteiger partial charge >= 0.3 is 0 Å². The van der Waals surface area contributed by atoms with E-state index in [4.69, 9.17) is 5.84 Å². The van der Waals surface area contributed by atoms with E-state index in [1.165, 1.54) is 25.9 Å². The fraction of sp³-hybridized carbons (Fsp3) is 0.857. The monoisotopic (exact) mass is 239 g/mol. The van der Waals surface area contributed by atoms with Crippen molar-refractivity contribution in [2.75, 3.05) is 13.1 Å². The van der Waals surface area contributed by atoms with E-state index in [0.29, 0.717) is 6.04 Å². The maximum absolute atomic E-state index is 5.81. The fourth-order valence-electron chi connectivity index (χ4n) is 3.36. The molecule has 1 atom stereocenters. The first-order valence-corrected chi connectivity index (χ1v) is 7.07. The topological polar surface area (TPSA) is 41.3 Å². The largest absolute Gasteiger partial charge is 0.296 e. The summed E-state index contributed by atoms with van der Waals surface area (Å²) in [5.41, 5.74) is 3.30. The van der Waals surface area contributed by atoms with Crippen molar-refractivity contribution in [1.29, 1.82) is 0 Å². The summed E-state index contributed by atoms with van der Waals surface area (Å²) in [5, 5.41) is 0. The van der Waals surface area contributed by atoms with E-state index in [-0.39, 0.29) is 5.54 Å². The highest BCUT2D eigenvalue weighted by molar-refractivity contribution is 5.00. The van der Waals surface area contributed by atoms with Gasteiger partial charge in [0.05, 0.1) is 0 Å². The summed E-state index contributed by atoms with van der Waals surface area (Å²) in [4.78, 5) is 2.65. The molecule has 0 spiro atoms. The molecule has 0 aromatic carbocycles. The summed E-state index contributed by atoms with van der Waals surface area (Å²) in [6.45, 7) is 10.9. The summed E-state index contributed by atoms with van der Waals surface area (Å²) in [7, 11) is 0. The standard InChI is InChI=1S/C14H29N3/c1-4-7-10-13(16-15)14(5-2,6-3)17-11-8-9-12-17/h4,13,16H,1,5-12,15H2,2-3H3. The fourth-order valence-corrected chi connectivity index (χ4v) is 3.36. The molecule has 1 saturated heterocycles. The van der Waals surface area contributed by atoms with Crippen LogP contribution in [0, 0.1) is 0 Å². The maximum Gasteiger partial charge on any atom is 0.0397 e. The quantitative estimate of drug-likeness (QED) is 0.388. The molecule has 0 aromatic heterocycles. The van der Waals surface area contributed by atoms with Gasteiger partial charge in [-0.3, -0.25) is 16.2 Å². The van der Waals surface area contributed by atoms with E-state index in [9.17, 15) is 0 Å².